The Labute approximate surface area is 70.6 Å². The second kappa shape index (κ2) is 29.3. The molecule has 0 aliphatic rings. The Bertz CT molecular complexity index is 10.8. The van der Waals surface area contributed by atoms with E-state index in [-0.39, 0.29) is 45.3 Å². The maximum absolute atomic E-state index is 8.67. The van der Waals surface area contributed by atoms with Crippen molar-refractivity contribution in [3.05, 3.63) is 0 Å². The van der Waals surface area contributed by atoms with Crippen LogP contribution in [0, 0.1) is 0 Å². The van der Waals surface area contributed by atoms with Gasteiger partial charge in [0, 0.05) is 16.8 Å². The van der Waals surface area contributed by atoms with E-state index in [1.165, 1.54) is 0 Å². The van der Waals surface area contributed by atoms with E-state index in [9.17, 15) is 0 Å². The standard InChI is InChI=1S/Co.Mg.2H2O.O.Zn/h;;2*1H2;;/q;+2;;;-1;+1/p-1. The predicted molar refractivity (Wildman–Crippen MR) is 11.6 cm³/mol. The van der Waals surface area contributed by atoms with E-state index in [2.05, 4.69) is 0 Å². The minimum absolute atomic E-state index is 0. The quantitative estimate of drug-likeness (QED) is 0.424. The van der Waals surface area contributed by atoms with Crippen LogP contribution in [-0.2, 0) is 34.6 Å². The molecule has 0 aromatic rings. The van der Waals surface area contributed by atoms with E-state index >= 15 is 0 Å². The summed E-state index contributed by atoms with van der Waals surface area (Å²) in [5.41, 5.74) is 0. The van der Waals surface area contributed by atoms with Crippen molar-refractivity contribution >= 4 is 23.1 Å². The summed E-state index contributed by atoms with van der Waals surface area (Å²) < 4.78 is 15.9. The van der Waals surface area contributed by atoms with Gasteiger partial charge in [0.15, 0.2) is 0 Å². The maximum atomic E-state index is 8.67. The number of hydrogen-bond donors (Lipinski definition) is 1. The number of hydrogen-bond acceptors (Lipinski definition) is 2. The van der Waals surface area contributed by atoms with E-state index in [1.54, 1.807) is 0 Å². The molecule has 0 spiro atoms. The van der Waals surface area contributed by atoms with E-state index in [1.807, 2.05) is 0 Å². The van der Waals surface area contributed by atoms with Crippen molar-refractivity contribution in [3.63, 3.8) is 0 Å². The molecule has 3 N–H and O–H groups in total. The summed E-state index contributed by atoms with van der Waals surface area (Å²) in [6, 6.07) is 0. The molecule has 0 aliphatic carbocycles. The zero-order chi connectivity index (χ0) is 2.71. The third-order valence-corrected chi connectivity index (χ3v) is 0. The van der Waals surface area contributed by atoms with Crippen LogP contribution in [0.15, 0.2) is 0 Å². The Balaban J connectivity index is -0.00000000667. The molecule has 0 bridgehead atoms. The summed E-state index contributed by atoms with van der Waals surface area (Å²) in [5, 5.41) is 0. The molecule has 0 aliphatic heterocycles. The molecule has 0 unspecified atom stereocenters. The minimum atomic E-state index is -2.12. The van der Waals surface area contributed by atoms with Crippen LogP contribution in [0.25, 0.3) is 0 Å². The summed E-state index contributed by atoms with van der Waals surface area (Å²) in [6.07, 6.45) is 0. The second-order valence-electron chi connectivity index (χ2n) is 0.129. The molecule has 6 heteroatoms. The molecule has 0 saturated heterocycles. The predicted octanol–water partition coefficient (Wildman–Crippen LogP) is -2.96. The summed E-state index contributed by atoms with van der Waals surface area (Å²) in [7, 11) is 0. The fourth-order valence-corrected chi connectivity index (χ4v) is 0. The van der Waals surface area contributed by atoms with E-state index in [0.717, 1.165) is 0 Å². The van der Waals surface area contributed by atoms with Gasteiger partial charge in [-0.05, 0) is 0 Å². The Morgan fingerprint density at radius 1 is 1.50 bits per heavy atom. The summed E-state index contributed by atoms with van der Waals surface area (Å²) in [6.45, 7) is 0. The van der Waals surface area contributed by atoms with Crippen LogP contribution in [0.5, 0.6) is 0 Å². The van der Waals surface area contributed by atoms with Crippen LogP contribution < -0.4 is 3.93 Å². The molecule has 33 valence electrons. The van der Waals surface area contributed by atoms with Crippen LogP contribution in [0.4, 0.5) is 0 Å². The molecular formula is H3CoMgO3Zn+. The van der Waals surface area contributed by atoms with Crippen molar-refractivity contribution in [2.45, 2.75) is 0 Å². The van der Waals surface area contributed by atoms with Gasteiger partial charge >= 0.3 is 48.8 Å². The van der Waals surface area contributed by atoms with Crippen molar-refractivity contribution in [2.75, 3.05) is 0 Å². The van der Waals surface area contributed by atoms with Crippen molar-refractivity contribution in [3.8, 4) is 0 Å². The zero-order valence-corrected chi connectivity index (χ0v) is 8.53. The fourth-order valence-electron chi connectivity index (χ4n) is 0. The molecule has 0 rings (SSSR count). The topological polar surface area (TPSA) is 74.8 Å². The van der Waals surface area contributed by atoms with Gasteiger partial charge in [0.05, 0.1) is 0 Å². The molecule has 0 atom stereocenters. The summed E-state index contributed by atoms with van der Waals surface area (Å²) in [5.74, 6) is 0. The first-order chi connectivity index (χ1) is 1.41. The van der Waals surface area contributed by atoms with Gasteiger partial charge in [-0.3, -0.25) is 0 Å². The molecule has 0 amide bonds. The van der Waals surface area contributed by atoms with Crippen LogP contribution in [0.3, 0.4) is 0 Å². The van der Waals surface area contributed by atoms with Crippen molar-refractivity contribution in [1.82, 2.24) is 0 Å². The third kappa shape index (κ3) is 41.8. The first-order valence-electron chi connectivity index (χ1n) is 0.605. The van der Waals surface area contributed by atoms with Gasteiger partial charge in [-0.2, -0.15) is 0 Å². The van der Waals surface area contributed by atoms with Crippen LogP contribution >= 0.6 is 0 Å². The van der Waals surface area contributed by atoms with E-state index < -0.39 is 17.8 Å². The summed E-state index contributed by atoms with van der Waals surface area (Å²) in [4.78, 5) is 0. The molecule has 0 heterocycles. The zero-order valence-electron chi connectivity index (χ0n) is 3.10. The first-order valence-corrected chi connectivity index (χ1v) is 3.14. The van der Waals surface area contributed by atoms with Crippen LogP contribution in [-0.4, -0.2) is 32.5 Å². The average Bonchev–Trinajstić information content (AvgIpc) is 0.918. The molecule has 0 saturated carbocycles. The van der Waals surface area contributed by atoms with Gasteiger partial charge < -0.3 is 5.48 Å². The van der Waals surface area contributed by atoms with Gasteiger partial charge in [-0.25, -0.2) is 0 Å². The Morgan fingerprint density at radius 2 is 1.50 bits per heavy atom. The Morgan fingerprint density at radius 3 is 1.50 bits per heavy atom. The fraction of sp³-hybridized carbons (Fsp3) is 0. The van der Waals surface area contributed by atoms with Crippen molar-refractivity contribution in [2.24, 2.45) is 0 Å². The van der Waals surface area contributed by atoms with Gasteiger partial charge in [0.2, 0.25) is 0 Å². The van der Waals surface area contributed by atoms with Crippen molar-refractivity contribution < 1.29 is 48.0 Å². The SMILES string of the molecule is O.[Co].[Mg+2].[O-][Zn][OH]. The van der Waals surface area contributed by atoms with Gasteiger partial charge in [0.1, 0.15) is 0 Å². The van der Waals surface area contributed by atoms with Gasteiger partial charge in [-0.15, -0.1) is 0 Å². The Kier molecular flexibility index (Phi) is 122. The average molecular weight is 200 g/mol. The normalized spacial score (nSPS) is 1.67. The molecule has 0 aromatic heterocycles. The molecule has 0 aromatic carbocycles. The second-order valence-corrected chi connectivity index (χ2v) is 0.671. The van der Waals surface area contributed by atoms with Crippen molar-refractivity contribution in [1.29, 1.82) is 0 Å². The monoisotopic (exact) mass is 198 g/mol. The van der Waals surface area contributed by atoms with Gasteiger partial charge in [0.25, 0.3) is 0 Å². The van der Waals surface area contributed by atoms with Crippen LogP contribution in [0.1, 0.15) is 0 Å². The number of rotatable bonds is 0. The van der Waals surface area contributed by atoms with E-state index in [0.29, 0.717) is 0 Å². The molecule has 6 heavy (non-hydrogen) atoms. The molecule has 3 nitrogen and oxygen atoms in total. The molecule has 1 radical (unpaired) electrons. The van der Waals surface area contributed by atoms with Gasteiger partial charge in [-0.1, -0.05) is 0 Å². The first kappa shape index (κ1) is 25.0. The van der Waals surface area contributed by atoms with E-state index in [4.69, 9.17) is 7.87 Å². The third-order valence-electron chi connectivity index (χ3n) is 0. The molecular weight excluding hydrogens is 197 g/mol. The summed E-state index contributed by atoms with van der Waals surface area (Å²) >= 11 is -2.12. The molecule has 0 fully saturated rings. The Hall–Kier alpha value is 1.78. The van der Waals surface area contributed by atoms with Crippen LogP contribution in [0.2, 0.25) is 0 Å².